The van der Waals surface area contributed by atoms with Crippen LogP contribution in [-0.2, 0) is 4.79 Å². The Morgan fingerprint density at radius 3 is 2.40 bits per heavy atom. The molecule has 1 amide bonds. The number of carbonyl (C=O) groups excluding carboxylic acids is 1. The van der Waals surface area contributed by atoms with Gasteiger partial charge in [-0.1, -0.05) is 46.2 Å². The predicted molar refractivity (Wildman–Crippen MR) is 129 cm³/mol. The maximum absolute atomic E-state index is 10.1. The summed E-state index contributed by atoms with van der Waals surface area (Å²) in [5, 5.41) is 2.59. The zero-order valence-electron chi connectivity index (χ0n) is 19.2. The Morgan fingerprint density at radius 1 is 1.07 bits per heavy atom. The molecular weight excluding hydrogens is 394 g/mol. The van der Waals surface area contributed by atoms with Crippen LogP contribution in [-0.4, -0.2) is 25.9 Å². The van der Waals surface area contributed by atoms with Gasteiger partial charge in [0.05, 0.1) is 13.2 Å². The summed E-state index contributed by atoms with van der Waals surface area (Å²) in [6, 6.07) is 14.0. The van der Waals surface area contributed by atoms with E-state index in [9.17, 15) is 4.79 Å². The van der Waals surface area contributed by atoms with Crippen molar-refractivity contribution in [3.63, 3.8) is 0 Å². The van der Waals surface area contributed by atoms with Gasteiger partial charge in [0, 0.05) is 10.6 Å². The average Bonchev–Trinajstić information content (AvgIpc) is 2.78. The minimum absolute atomic E-state index is 0.283. The maximum atomic E-state index is 10.1. The minimum Gasteiger partial charge on any atom is -0.493 e. The van der Waals surface area contributed by atoms with Crippen LogP contribution in [0.1, 0.15) is 64.9 Å². The van der Waals surface area contributed by atoms with Gasteiger partial charge in [-0.25, -0.2) is 0 Å². The predicted octanol–water partition coefficient (Wildman–Crippen LogP) is 7.14. The van der Waals surface area contributed by atoms with Gasteiger partial charge in [0.25, 0.3) is 0 Å². The number of hydrogen-bond acceptors (Lipinski definition) is 4. The van der Waals surface area contributed by atoms with Gasteiger partial charge in [-0.2, -0.15) is 0 Å². The number of nitrogens with one attached hydrogen (secondary N) is 1. The average molecular weight is 432 g/mol. The van der Waals surface area contributed by atoms with Crippen LogP contribution >= 0.6 is 11.8 Å². The molecule has 5 heteroatoms. The number of hydrogen-bond donors (Lipinski definition) is 1. The smallest absolute Gasteiger partial charge is 0.211 e. The van der Waals surface area contributed by atoms with E-state index in [2.05, 4.69) is 45.1 Å². The van der Waals surface area contributed by atoms with Gasteiger partial charge in [-0.3, -0.25) is 4.79 Å². The van der Waals surface area contributed by atoms with Crippen LogP contribution in [0.3, 0.4) is 0 Å². The molecule has 0 aliphatic rings. The van der Waals surface area contributed by atoms with E-state index < -0.39 is 0 Å². The highest BCUT2D eigenvalue weighted by molar-refractivity contribution is 7.98. The third kappa shape index (κ3) is 8.70. The van der Waals surface area contributed by atoms with Crippen molar-refractivity contribution >= 4 is 23.9 Å². The summed E-state index contributed by atoms with van der Waals surface area (Å²) in [7, 11) is 1.70. The molecule has 0 heterocycles. The van der Waals surface area contributed by atoms with Crippen LogP contribution in [0.2, 0.25) is 0 Å². The SMILES string of the molecule is CCCC(CC)Oc1cc(C(C)CC)ccc1OC.CSc1cccc(NC=O)c1. The Labute approximate surface area is 186 Å². The first-order valence-electron chi connectivity index (χ1n) is 10.7. The quantitative estimate of drug-likeness (QED) is 0.303. The first-order chi connectivity index (χ1) is 14.5. The summed E-state index contributed by atoms with van der Waals surface area (Å²) in [5.74, 6) is 2.28. The fourth-order valence-electron chi connectivity index (χ4n) is 2.96. The fourth-order valence-corrected chi connectivity index (χ4v) is 3.42. The molecule has 2 aromatic rings. The van der Waals surface area contributed by atoms with Gasteiger partial charge in [0.15, 0.2) is 11.5 Å². The molecule has 4 nitrogen and oxygen atoms in total. The van der Waals surface area contributed by atoms with Crippen molar-refractivity contribution < 1.29 is 14.3 Å². The summed E-state index contributed by atoms with van der Waals surface area (Å²) in [4.78, 5) is 11.2. The van der Waals surface area contributed by atoms with Crippen LogP contribution in [0.15, 0.2) is 47.4 Å². The fraction of sp³-hybridized carbons (Fsp3) is 0.480. The molecule has 0 aliphatic carbocycles. The lowest BCUT2D eigenvalue weighted by molar-refractivity contribution is -0.105. The van der Waals surface area contributed by atoms with Crippen LogP contribution in [0.5, 0.6) is 11.5 Å². The number of rotatable bonds is 11. The summed E-state index contributed by atoms with van der Waals surface area (Å²) in [6.07, 6.45) is 7.37. The van der Waals surface area contributed by atoms with E-state index in [0.717, 1.165) is 47.8 Å². The Hall–Kier alpha value is -2.14. The largest absolute Gasteiger partial charge is 0.493 e. The van der Waals surface area contributed by atoms with Crippen molar-refractivity contribution in [2.45, 2.75) is 70.3 Å². The summed E-state index contributed by atoms with van der Waals surface area (Å²) < 4.78 is 11.5. The Kier molecular flexibility index (Phi) is 12.8. The number of benzene rings is 2. The molecule has 2 atom stereocenters. The van der Waals surface area contributed by atoms with Crippen molar-refractivity contribution in [3.8, 4) is 11.5 Å². The molecule has 0 spiro atoms. The van der Waals surface area contributed by atoms with Crippen LogP contribution < -0.4 is 14.8 Å². The van der Waals surface area contributed by atoms with Crippen LogP contribution in [0.25, 0.3) is 0 Å². The van der Waals surface area contributed by atoms with Gasteiger partial charge in [-0.05, 0) is 67.3 Å². The number of methoxy groups -OCH3 is 1. The maximum Gasteiger partial charge on any atom is 0.211 e. The molecular formula is C25H37NO3S. The number of carbonyl (C=O) groups is 1. The van der Waals surface area contributed by atoms with E-state index in [-0.39, 0.29) is 6.10 Å². The van der Waals surface area contributed by atoms with Gasteiger partial charge in [0.1, 0.15) is 0 Å². The molecule has 0 saturated heterocycles. The van der Waals surface area contributed by atoms with Crippen molar-refractivity contribution in [1.29, 1.82) is 0 Å². The van der Waals surface area contributed by atoms with E-state index in [0.29, 0.717) is 12.3 Å². The van der Waals surface area contributed by atoms with Crippen LogP contribution in [0, 0.1) is 0 Å². The Morgan fingerprint density at radius 2 is 1.83 bits per heavy atom. The third-order valence-corrected chi connectivity index (χ3v) is 5.75. The molecule has 30 heavy (non-hydrogen) atoms. The number of thioether (sulfide) groups is 1. The number of amides is 1. The number of anilines is 1. The summed E-state index contributed by atoms with van der Waals surface area (Å²) in [5.41, 5.74) is 2.16. The standard InChI is InChI=1S/C17H28O2.C8H9NOS/c1-6-9-15(8-3)19-17-12-14(13(4)7-2)10-11-16(17)18-5;1-11-8-4-2-3-7(5-8)9-6-10/h10-13,15H,6-9H2,1-5H3;2-6H,1H3,(H,9,10). The molecule has 1 N–H and O–H groups in total. The minimum atomic E-state index is 0.283. The molecule has 0 bridgehead atoms. The van der Waals surface area contributed by atoms with Crippen molar-refractivity contribution in [3.05, 3.63) is 48.0 Å². The molecule has 0 fully saturated rings. The Balaban J connectivity index is 0.000000346. The van der Waals surface area contributed by atoms with Crippen molar-refractivity contribution in [1.82, 2.24) is 0 Å². The van der Waals surface area contributed by atoms with Gasteiger partial charge < -0.3 is 14.8 Å². The first kappa shape index (κ1) is 25.9. The highest BCUT2D eigenvalue weighted by Gasteiger charge is 2.13. The van der Waals surface area contributed by atoms with Gasteiger partial charge in [-0.15, -0.1) is 11.8 Å². The second-order valence-electron chi connectivity index (χ2n) is 7.15. The van der Waals surface area contributed by atoms with E-state index in [1.807, 2.05) is 36.6 Å². The first-order valence-corrected chi connectivity index (χ1v) is 11.9. The highest BCUT2D eigenvalue weighted by atomic mass is 32.2. The van der Waals surface area contributed by atoms with Crippen molar-refractivity contribution in [2.24, 2.45) is 0 Å². The second kappa shape index (κ2) is 14.8. The molecule has 0 aromatic heterocycles. The number of ether oxygens (including phenoxy) is 2. The van der Waals surface area contributed by atoms with Crippen LogP contribution in [0.4, 0.5) is 5.69 Å². The molecule has 2 unspecified atom stereocenters. The monoisotopic (exact) mass is 431 g/mol. The molecule has 166 valence electrons. The van der Waals surface area contributed by atoms with E-state index in [1.54, 1.807) is 18.9 Å². The summed E-state index contributed by atoms with van der Waals surface area (Å²) in [6.45, 7) is 8.82. The zero-order valence-corrected chi connectivity index (χ0v) is 20.1. The molecule has 0 aliphatic heterocycles. The third-order valence-electron chi connectivity index (χ3n) is 5.02. The van der Waals surface area contributed by atoms with Crippen molar-refractivity contribution in [2.75, 3.05) is 18.7 Å². The lowest BCUT2D eigenvalue weighted by atomic mass is 9.98. The highest BCUT2D eigenvalue weighted by Crippen LogP contribution is 2.33. The van der Waals surface area contributed by atoms with Gasteiger partial charge >= 0.3 is 0 Å². The lowest BCUT2D eigenvalue weighted by Crippen LogP contribution is -2.15. The van der Waals surface area contributed by atoms with Gasteiger partial charge in [0.2, 0.25) is 6.41 Å². The summed E-state index contributed by atoms with van der Waals surface area (Å²) >= 11 is 1.65. The Bertz CT molecular complexity index is 751. The molecule has 2 aromatic carbocycles. The normalized spacial score (nSPS) is 12.2. The van der Waals surface area contributed by atoms with E-state index >= 15 is 0 Å². The molecule has 2 rings (SSSR count). The molecule has 0 saturated carbocycles. The molecule has 0 radical (unpaired) electrons. The second-order valence-corrected chi connectivity index (χ2v) is 8.03. The zero-order chi connectivity index (χ0) is 22.4. The van der Waals surface area contributed by atoms with E-state index in [4.69, 9.17) is 9.47 Å². The van der Waals surface area contributed by atoms with E-state index in [1.165, 1.54) is 5.56 Å². The topological polar surface area (TPSA) is 47.6 Å². The lowest BCUT2D eigenvalue weighted by Gasteiger charge is -2.20.